The minimum absolute atomic E-state index is 0.184. The standard InChI is InChI=1S/C31H40O8/c1-6-28(38-23(4)33)29(34)24-12-16-26(17-13-24)36-20-10-8-9-11-21-37-27-18-14-25(15-19-27)30(35)39-31(5,7-2)22(3)32/h12-19,28H,6-11,20-21H2,1-5H3. The molecule has 2 aromatic rings. The van der Waals surface area contributed by atoms with Crippen LogP contribution in [0, 0.1) is 0 Å². The van der Waals surface area contributed by atoms with Crippen molar-refractivity contribution in [3.63, 3.8) is 0 Å². The number of rotatable bonds is 17. The molecule has 39 heavy (non-hydrogen) atoms. The van der Waals surface area contributed by atoms with Crippen molar-refractivity contribution in [2.75, 3.05) is 13.2 Å². The van der Waals surface area contributed by atoms with Gasteiger partial charge in [-0.25, -0.2) is 4.79 Å². The topological polar surface area (TPSA) is 105 Å². The molecule has 0 bridgehead atoms. The zero-order chi connectivity index (χ0) is 28.8. The fourth-order valence-electron chi connectivity index (χ4n) is 3.71. The lowest BCUT2D eigenvalue weighted by atomic mass is 9.98. The first-order chi connectivity index (χ1) is 18.6. The molecule has 212 valence electrons. The Kier molecular flexibility index (Phi) is 12.7. The van der Waals surface area contributed by atoms with Crippen molar-refractivity contribution < 1.29 is 38.1 Å². The molecular formula is C31H40O8. The van der Waals surface area contributed by atoms with Crippen LogP contribution in [0.5, 0.6) is 11.5 Å². The Hall–Kier alpha value is -3.68. The largest absolute Gasteiger partial charge is 0.494 e. The third-order valence-electron chi connectivity index (χ3n) is 6.51. The molecule has 0 saturated heterocycles. The average Bonchev–Trinajstić information content (AvgIpc) is 2.93. The molecule has 2 unspecified atom stereocenters. The second-order valence-corrected chi connectivity index (χ2v) is 9.56. The summed E-state index contributed by atoms with van der Waals surface area (Å²) < 4.78 is 22.0. The number of ether oxygens (including phenoxy) is 4. The highest BCUT2D eigenvalue weighted by atomic mass is 16.6. The summed E-state index contributed by atoms with van der Waals surface area (Å²) in [4.78, 5) is 47.8. The third-order valence-corrected chi connectivity index (χ3v) is 6.51. The minimum atomic E-state index is -1.12. The van der Waals surface area contributed by atoms with Crippen LogP contribution in [0.1, 0.15) is 93.9 Å². The van der Waals surface area contributed by atoms with Crippen LogP contribution in [-0.2, 0) is 19.1 Å². The van der Waals surface area contributed by atoms with Crippen LogP contribution in [0.15, 0.2) is 48.5 Å². The van der Waals surface area contributed by atoms with E-state index >= 15 is 0 Å². The van der Waals surface area contributed by atoms with Crippen molar-refractivity contribution in [2.45, 2.75) is 84.8 Å². The average molecular weight is 541 g/mol. The van der Waals surface area contributed by atoms with E-state index < -0.39 is 23.6 Å². The summed E-state index contributed by atoms with van der Waals surface area (Å²) in [6.45, 7) is 9.07. The molecule has 0 fully saturated rings. The van der Waals surface area contributed by atoms with Crippen molar-refractivity contribution in [1.82, 2.24) is 0 Å². The number of carbonyl (C=O) groups excluding carboxylic acids is 4. The summed E-state index contributed by atoms with van der Waals surface area (Å²) in [6.07, 6.45) is 3.81. The van der Waals surface area contributed by atoms with Crippen molar-refractivity contribution in [1.29, 1.82) is 0 Å². The summed E-state index contributed by atoms with van der Waals surface area (Å²) >= 11 is 0. The van der Waals surface area contributed by atoms with E-state index in [9.17, 15) is 19.2 Å². The van der Waals surface area contributed by atoms with E-state index in [-0.39, 0.29) is 11.6 Å². The maximum atomic E-state index is 12.5. The SMILES string of the molecule is CCC(OC(C)=O)C(=O)c1ccc(OCCCCCCOc2ccc(C(=O)OC(C)(CC)C(C)=O)cc2)cc1. The number of carbonyl (C=O) groups is 4. The first-order valence-corrected chi connectivity index (χ1v) is 13.5. The van der Waals surface area contributed by atoms with E-state index in [1.807, 2.05) is 0 Å². The fraction of sp³-hybridized carbons (Fsp3) is 0.484. The quantitative estimate of drug-likeness (QED) is 0.134. The van der Waals surface area contributed by atoms with Gasteiger partial charge in [-0.3, -0.25) is 14.4 Å². The molecule has 0 aliphatic carbocycles. The molecule has 0 spiro atoms. The van der Waals surface area contributed by atoms with Gasteiger partial charge in [-0.05, 0) is 101 Å². The summed E-state index contributed by atoms with van der Waals surface area (Å²) in [5.41, 5.74) is -0.261. The van der Waals surface area contributed by atoms with Crippen LogP contribution < -0.4 is 9.47 Å². The predicted octanol–water partition coefficient (Wildman–Crippen LogP) is 6.14. The van der Waals surface area contributed by atoms with Crippen molar-refractivity contribution >= 4 is 23.5 Å². The highest BCUT2D eigenvalue weighted by molar-refractivity contribution is 6.00. The van der Waals surface area contributed by atoms with Gasteiger partial charge in [0, 0.05) is 12.5 Å². The predicted molar refractivity (Wildman–Crippen MR) is 147 cm³/mol. The van der Waals surface area contributed by atoms with Gasteiger partial charge in [-0.1, -0.05) is 13.8 Å². The summed E-state index contributed by atoms with van der Waals surface area (Å²) in [5, 5.41) is 0. The normalized spacial score (nSPS) is 13.1. The van der Waals surface area contributed by atoms with Gasteiger partial charge in [0.1, 0.15) is 11.5 Å². The number of Topliss-reactive ketones (excluding diaryl/α,β-unsaturated/α-hetero) is 2. The molecule has 2 atom stereocenters. The Labute approximate surface area is 231 Å². The maximum Gasteiger partial charge on any atom is 0.339 e. The van der Waals surface area contributed by atoms with Gasteiger partial charge in [0.15, 0.2) is 17.5 Å². The van der Waals surface area contributed by atoms with Crippen LogP contribution in [0.3, 0.4) is 0 Å². The van der Waals surface area contributed by atoms with E-state index in [0.717, 1.165) is 25.7 Å². The molecule has 0 saturated carbocycles. The van der Waals surface area contributed by atoms with E-state index in [2.05, 4.69) is 0 Å². The molecule has 0 radical (unpaired) electrons. The van der Waals surface area contributed by atoms with E-state index in [0.29, 0.717) is 48.7 Å². The number of ketones is 2. The Morgan fingerprint density at radius 2 is 1.23 bits per heavy atom. The molecular weight excluding hydrogens is 500 g/mol. The molecule has 0 heterocycles. The lowest BCUT2D eigenvalue weighted by molar-refractivity contribution is -0.144. The van der Waals surface area contributed by atoms with Crippen LogP contribution in [-0.4, -0.2) is 48.4 Å². The second-order valence-electron chi connectivity index (χ2n) is 9.56. The van der Waals surface area contributed by atoms with Crippen molar-refractivity contribution in [3.8, 4) is 11.5 Å². The molecule has 8 heteroatoms. The summed E-state index contributed by atoms with van der Waals surface area (Å²) in [6, 6.07) is 13.6. The van der Waals surface area contributed by atoms with Gasteiger partial charge in [0.25, 0.3) is 0 Å². The molecule has 8 nitrogen and oxygen atoms in total. The molecule has 2 rings (SSSR count). The minimum Gasteiger partial charge on any atom is -0.494 e. The number of hydrogen-bond donors (Lipinski definition) is 0. The van der Waals surface area contributed by atoms with Crippen LogP contribution >= 0.6 is 0 Å². The van der Waals surface area contributed by atoms with Crippen molar-refractivity contribution in [3.05, 3.63) is 59.7 Å². The highest BCUT2D eigenvalue weighted by Gasteiger charge is 2.32. The van der Waals surface area contributed by atoms with E-state index in [1.54, 1.807) is 69.3 Å². The van der Waals surface area contributed by atoms with Gasteiger partial charge in [0.05, 0.1) is 18.8 Å². The van der Waals surface area contributed by atoms with Crippen LogP contribution in [0.2, 0.25) is 0 Å². The Bertz CT molecular complexity index is 1090. The first kappa shape index (κ1) is 31.5. The molecule has 0 aliphatic rings. The highest BCUT2D eigenvalue weighted by Crippen LogP contribution is 2.21. The van der Waals surface area contributed by atoms with Gasteiger partial charge < -0.3 is 18.9 Å². The summed E-state index contributed by atoms with van der Waals surface area (Å²) in [5.74, 6) is -0.0536. The smallest absolute Gasteiger partial charge is 0.339 e. The number of hydrogen-bond acceptors (Lipinski definition) is 8. The maximum absolute atomic E-state index is 12.5. The van der Waals surface area contributed by atoms with Gasteiger partial charge in [-0.2, -0.15) is 0 Å². The molecule has 0 aliphatic heterocycles. The van der Waals surface area contributed by atoms with Crippen LogP contribution in [0.25, 0.3) is 0 Å². The molecule has 2 aromatic carbocycles. The van der Waals surface area contributed by atoms with Gasteiger partial charge in [-0.15, -0.1) is 0 Å². The Morgan fingerprint density at radius 1 is 0.744 bits per heavy atom. The molecule has 0 aromatic heterocycles. The van der Waals surface area contributed by atoms with Gasteiger partial charge >= 0.3 is 11.9 Å². The first-order valence-electron chi connectivity index (χ1n) is 13.5. The Morgan fingerprint density at radius 3 is 1.64 bits per heavy atom. The van der Waals surface area contributed by atoms with E-state index in [1.165, 1.54) is 13.8 Å². The lowest BCUT2D eigenvalue weighted by Gasteiger charge is -2.25. The lowest BCUT2D eigenvalue weighted by Crippen LogP contribution is -2.38. The fourth-order valence-corrected chi connectivity index (χ4v) is 3.71. The number of benzene rings is 2. The monoisotopic (exact) mass is 540 g/mol. The molecule has 0 amide bonds. The number of esters is 2. The number of unbranched alkanes of at least 4 members (excludes halogenated alkanes) is 3. The zero-order valence-corrected chi connectivity index (χ0v) is 23.6. The van der Waals surface area contributed by atoms with Crippen LogP contribution in [0.4, 0.5) is 0 Å². The van der Waals surface area contributed by atoms with Crippen molar-refractivity contribution in [2.24, 2.45) is 0 Å². The summed E-state index contributed by atoms with van der Waals surface area (Å²) in [7, 11) is 0. The molecule has 0 N–H and O–H groups in total. The third kappa shape index (κ3) is 10.2. The zero-order valence-electron chi connectivity index (χ0n) is 23.6. The van der Waals surface area contributed by atoms with Gasteiger partial charge in [0.2, 0.25) is 5.78 Å². The second kappa shape index (κ2) is 15.7. The Balaban J connectivity index is 1.63. The van der Waals surface area contributed by atoms with E-state index in [4.69, 9.17) is 18.9 Å².